The van der Waals surface area contributed by atoms with Gasteiger partial charge in [0.25, 0.3) is 0 Å². The van der Waals surface area contributed by atoms with Crippen LogP contribution in [0, 0.1) is 0 Å². The van der Waals surface area contributed by atoms with Crippen LogP contribution < -0.4 is 0 Å². The lowest BCUT2D eigenvalue weighted by Gasteiger charge is -2.14. The molecule has 0 amide bonds. The van der Waals surface area contributed by atoms with Crippen molar-refractivity contribution in [2.45, 2.75) is 4.90 Å². The number of rotatable bonds is 5. The van der Waals surface area contributed by atoms with E-state index in [0.29, 0.717) is 6.29 Å². The van der Waals surface area contributed by atoms with Gasteiger partial charge in [-0.3, -0.25) is 0 Å². The van der Waals surface area contributed by atoms with Gasteiger partial charge in [0.1, 0.15) is 6.29 Å². The molecule has 0 atom stereocenters. The second kappa shape index (κ2) is 5.98. The third-order valence-corrected chi connectivity index (χ3v) is 4.84. The number of carbonyl (C=O) groups excluding carboxylic acids is 1. The first kappa shape index (κ1) is 14.4. The first-order valence-electron chi connectivity index (χ1n) is 6.11. The van der Waals surface area contributed by atoms with Gasteiger partial charge in [0.05, 0.1) is 11.4 Å². The molecule has 0 aliphatic heterocycles. The lowest BCUT2D eigenvalue weighted by molar-refractivity contribution is -0.107. The number of sulfonamides is 1. The summed E-state index contributed by atoms with van der Waals surface area (Å²) >= 11 is 0. The molecule has 0 aromatic heterocycles. The molecule has 0 saturated carbocycles. The first-order valence-corrected chi connectivity index (χ1v) is 7.55. The van der Waals surface area contributed by atoms with Crippen LogP contribution in [0.3, 0.4) is 0 Å². The summed E-state index contributed by atoms with van der Waals surface area (Å²) in [5.74, 6) is 0. The molecule has 20 heavy (non-hydrogen) atoms. The van der Waals surface area contributed by atoms with Crippen molar-refractivity contribution in [3.63, 3.8) is 0 Å². The van der Waals surface area contributed by atoms with Crippen LogP contribution in [0.2, 0.25) is 0 Å². The zero-order valence-electron chi connectivity index (χ0n) is 11.1. The fraction of sp³-hybridized carbons (Fsp3) is 0.133. The number of hydrogen-bond donors (Lipinski definition) is 0. The number of hydrogen-bond acceptors (Lipinski definition) is 3. The fourth-order valence-corrected chi connectivity index (χ4v) is 2.93. The van der Waals surface area contributed by atoms with E-state index >= 15 is 0 Å². The molecule has 0 aliphatic rings. The molecule has 0 unspecified atom stereocenters. The molecule has 0 radical (unpaired) electrons. The monoisotopic (exact) mass is 289 g/mol. The minimum absolute atomic E-state index is 0.150. The van der Waals surface area contributed by atoms with Crippen molar-refractivity contribution < 1.29 is 13.2 Å². The minimum atomic E-state index is -3.60. The highest BCUT2D eigenvalue weighted by molar-refractivity contribution is 7.89. The molecular weight excluding hydrogens is 274 g/mol. The molecule has 0 saturated heterocycles. The van der Waals surface area contributed by atoms with Gasteiger partial charge >= 0.3 is 0 Å². The maximum atomic E-state index is 12.1. The first-order chi connectivity index (χ1) is 9.55. The summed E-state index contributed by atoms with van der Waals surface area (Å²) in [5.41, 5.74) is 1.97. The molecule has 2 aromatic carbocycles. The molecule has 0 aliphatic carbocycles. The van der Waals surface area contributed by atoms with Gasteiger partial charge in [-0.2, -0.15) is 4.31 Å². The third-order valence-electron chi connectivity index (χ3n) is 3.00. The molecular formula is C15H15NO3S. The summed E-state index contributed by atoms with van der Waals surface area (Å²) in [4.78, 5) is 10.6. The van der Waals surface area contributed by atoms with Crippen molar-refractivity contribution in [2.75, 3.05) is 13.6 Å². The van der Waals surface area contributed by atoms with E-state index in [0.717, 1.165) is 15.4 Å². The smallest absolute Gasteiger partial charge is 0.243 e. The lowest BCUT2D eigenvalue weighted by Crippen LogP contribution is -2.28. The van der Waals surface area contributed by atoms with E-state index in [2.05, 4.69) is 0 Å². The van der Waals surface area contributed by atoms with Gasteiger partial charge < -0.3 is 4.79 Å². The van der Waals surface area contributed by atoms with E-state index in [1.165, 1.54) is 7.05 Å². The van der Waals surface area contributed by atoms with Crippen molar-refractivity contribution >= 4 is 16.3 Å². The van der Waals surface area contributed by atoms with Crippen LogP contribution in [0.4, 0.5) is 0 Å². The van der Waals surface area contributed by atoms with Gasteiger partial charge in [-0.05, 0) is 23.3 Å². The lowest BCUT2D eigenvalue weighted by atomic mass is 10.1. The minimum Gasteiger partial charge on any atom is -0.302 e. The number of likely N-dealkylation sites (N-methyl/N-ethyl adjacent to an activating group) is 1. The molecule has 0 spiro atoms. The van der Waals surface area contributed by atoms with Crippen molar-refractivity contribution in [3.8, 4) is 11.1 Å². The van der Waals surface area contributed by atoms with E-state index in [9.17, 15) is 13.2 Å². The second-order valence-corrected chi connectivity index (χ2v) is 6.39. The topological polar surface area (TPSA) is 54.5 Å². The van der Waals surface area contributed by atoms with Crippen LogP contribution in [0.25, 0.3) is 11.1 Å². The Morgan fingerprint density at radius 1 is 0.950 bits per heavy atom. The Labute approximate surface area is 118 Å². The standard InChI is InChI=1S/C15H15NO3S/c1-16(11-12-17)20(18,19)15-9-7-14(8-10-15)13-5-3-2-4-6-13/h2-10,12H,11H2,1H3. The summed E-state index contributed by atoms with van der Waals surface area (Å²) in [6.45, 7) is -0.150. The van der Waals surface area contributed by atoms with Crippen LogP contribution in [-0.2, 0) is 14.8 Å². The van der Waals surface area contributed by atoms with Gasteiger partial charge in [-0.25, -0.2) is 8.42 Å². The highest BCUT2D eigenvalue weighted by atomic mass is 32.2. The Hall–Kier alpha value is -1.98. The number of benzene rings is 2. The molecule has 104 valence electrons. The Balaban J connectivity index is 2.31. The zero-order valence-corrected chi connectivity index (χ0v) is 11.9. The maximum absolute atomic E-state index is 12.1. The Morgan fingerprint density at radius 2 is 1.50 bits per heavy atom. The highest BCUT2D eigenvalue weighted by Crippen LogP contribution is 2.22. The normalized spacial score (nSPS) is 11.5. The Kier molecular flexibility index (Phi) is 4.32. The van der Waals surface area contributed by atoms with E-state index in [1.54, 1.807) is 24.3 Å². The van der Waals surface area contributed by atoms with Crippen LogP contribution >= 0.6 is 0 Å². The molecule has 5 heteroatoms. The third kappa shape index (κ3) is 2.95. The van der Waals surface area contributed by atoms with Crippen molar-refractivity contribution in [3.05, 3.63) is 54.6 Å². The quantitative estimate of drug-likeness (QED) is 0.793. The Morgan fingerprint density at radius 3 is 2.05 bits per heavy atom. The molecule has 0 N–H and O–H groups in total. The molecule has 2 aromatic rings. The predicted octanol–water partition coefficient (Wildman–Crippen LogP) is 2.17. The second-order valence-electron chi connectivity index (χ2n) is 4.34. The number of carbonyl (C=O) groups is 1. The van der Waals surface area contributed by atoms with Crippen molar-refractivity contribution in [1.29, 1.82) is 0 Å². The summed E-state index contributed by atoms with van der Waals surface area (Å²) in [6.07, 6.45) is 0.565. The summed E-state index contributed by atoms with van der Waals surface area (Å²) in [5, 5.41) is 0. The predicted molar refractivity (Wildman–Crippen MR) is 77.8 cm³/mol. The number of nitrogens with zero attached hydrogens (tertiary/aromatic N) is 1. The number of aldehydes is 1. The van der Waals surface area contributed by atoms with Crippen LogP contribution in [0.5, 0.6) is 0 Å². The molecule has 0 fully saturated rings. The average Bonchev–Trinajstić information content (AvgIpc) is 2.48. The molecule has 0 bridgehead atoms. The molecule has 4 nitrogen and oxygen atoms in total. The molecule has 2 rings (SSSR count). The van der Waals surface area contributed by atoms with E-state index in [1.807, 2.05) is 30.3 Å². The Bertz CT molecular complexity index is 679. The summed E-state index contributed by atoms with van der Waals surface area (Å²) < 4.78 is 25.3. The van der Waals surface area contributed by atoms with Crippen molar-refractivity contribution in [2.24, 2.45) is 0 Å². The van der Waals surface area contributed by atoms with Crippen LogP contribution in [0.1, 0.15) is 0 Å². The highest BCUT2D eigenvalue weighted by Gasteiger charge is 2.19. The van der Waals surface area contributed by atoms with E-state index in [4.69, 9.17) is 0 Å². The van der Waals surface area contributed by atoms with Gasteiger partial charge in [-0.15, -0.1) is 0 Å². The summed E-state index contributed by atoms with van der Waals surface area (Å²) in [6, 6.07) is 16.3. The van der Waals surface area contributed by atoms with Gasteiger partial charge in [0.15, 0.2) is 0 Å². The average molecular weight is 289 g/mol. The molecule has 0 heterocycles. The van der Waals surface area contributed by atoms with E-state index in [-0.39, 0.29) is 11.4 Å². The van der Waals surface area contributed by atoms with Crippen LogP contribution in [-0.4, -0.2) is 32.6 Å². The van der Waals surface area contributed by atoms with Gasteiger partial charge in [0, 0.05) is 7.05 Å². The van der Waals surface area contributed by atoms with Crippen molar-refractivity contribution in [1.82, 2.24) is 4.31 Å². The fourth-order valence-electron chi connectivity index (χ4n) is 1.83. The van der Waals surface area contributed by atoms with Gasteiger partial charge in [-0.1, -0.05) is 42.5 Å². The van der Waals surface area contributed by atoms with E-state index < -0.39 is 10.0 Å². The largest absolute Gasteiger partial charge is 0.302 e. The summed E-state index contributed by atoms with van der Waals surface area (Å²) in [7, 11) is -2.21. The van der Waals surface area contributed by atoms with Crippen LogP contribution in [0.15, 0.2) is 59.5 Å². The zero-order chi connectivity index (χ0) is 14.6. The SMILES string of the molecule is CN(CC=O)S(=O)(=O)c1ccc(-c2ccccc2)cc1. The maximum Gasteiger partial charge on any atom is 0.243 e. The van der Waals surface area contributed by atoms with Gasteiger partial charge in [0.2, 0.25) is 10.0 Å².